The molecule has 102 valence electrons. The number of nitrogens with zero attached hydrogens (tertiary/aromatic N) is 2. The molecule has 3 rings (SSSR count). The molecule has 0 aliphatic carbocycles. The number of aryl methyl sites for hydroxylation is 1. The van der Waals surface area contributed by atoms with Gasteiger partial charge in [-0.15, -0.1) is 0 Å². The lowest BCUT2D eigenvalue weighted by atomic mass is 10.2. The van der Waals surface area contributed by atoms with Crippen molar-refractivity contribution in [2.45, 2.75) is 13.5 Å². The van der Waals surface area contributed by atoms with Gasteiger partial charge in [-0.25, -0.2) is 9.37 Å². The number of rotatable bonds is 2. The maximum Gasteiger partial charge on any atom is 0.144 e. The molecule has 3 nitrogen and oxygen atoms in total. The highest BCUT2D eigenvalue weighted by Crippen LogP contribution is 2.29. The molecule has 5 heteroatoms. The van der Waals surface area contributed by atoms with E-state index in [2.05, 4.69) is 20.9 Å². The van der Waals surface area contributed by atoms with Crippen LogP contribution >= 0.6 is 15.9 Å². The van der Waals surface area contributed by atoms with Crippen LogP contribution in [0, 0.1) is 5.82 Å². The molecule has 20 heavy (non-hydrogen) atoms. The van der Waals surface area contributed by atoms with E-state index < -0.39 is 0 Å². The summed E-state index contributed by atoms with van der Waals surface area (Å²) >= 11 is 3.43. The van der Waals surface area contributed by atoms with Crippen LogP contribution in [0.15, 0.2) is 40.9 Å². The number of hydrogen-bond acceptors (Lipinski definition) is 2. The molecule has 0 saturated carbocycles. The van der Waals surface area contributed by atoms with Gasteiger partial charge in [-0.2, -0.15) is 0 Å². The number of halogens is 2. The average Bonchev–Trinajstić information content (AvgIpc) is 2.75. The van der Waals surface area contributed by atoms with Crippen molar-refractivity contribution in [3.05, 3.63) is 46.7 Å². The first kappa shape index (κ1) is 13.1. The summed E-state index contributed by atoms with van der Waals surface area (Å²) in [4.78, 5) is 4.56. The predicted octanol–water partition coefficient (Wildman–Crippen LogP) is 4.21. The van der Waals surface area contributed by atoms with Crippen molar-refractivity contribution < 1.29 is 4.39 Å². The molecule has 0 saturated heterocycles. The highest BCUT2D eigenvalue weighted by molar-refractivity contribution is 9.10. The highest BCUT2D eigenvalue weighted by atomic mass is 79.9. The molecule has 3 aromatic rings. The largest absolute Gasteiger partial charge is 0.399 e. The lowest BCUT2D eigenvalue weighted by molar-refractivity contribution is 0.628. The van der Waals surface area contributed by atoms with Gasteiger partial charge in [-0.3, -0.25) is 0 Å². The summed E-state index contributed by atoms with van der Waals surface area (Å²) in [7, 11) is 0. The Morgan fingerprint density at radius 1 is 1.25 bits per heavy atom. The van der Waals surface area contributed by atoms with Gasteiger partial charge in [-0.1, -0.05) is 15.9 Å². The Morgan fingerprint density at radius 3 is 2.75 bits per heavy atom. The maximum absolute atomic E-state index is 14.1. The van der Waals surface area contributed by atoms with Gasteiger partial charge in [0.25, 0.3) is 0 Å². The molecule has 2 N–H and O–H groups in total. The zero-order valence-electron chi connectivity index (χ0n) is 10.9. The minimum atomic E-state index is -0.353. The third-order valence-corrected chi connectivity index (χ3v) is 3.75. The van der Waals surface area contributed by atoms with Crippen molar-refractivity contribution in [1.29, 1.82) is 0 Å². The molecule has 0 aliphatic heterocycles. The number of imidazole rings is 1. The molecule has 2 aromatic carbocycles. The van der Waals surface area contributed by atoms with Crippen molar-refractivity contribution in [2.24, 2.45) is 0 Å². The number of anilines is 1. The van der Waals surface area contributed by atoms with Gasteiger partial charge in [0.1, 0.15) is 11.6 Å². The fourth-order valence-electron chi connectivity index (χ4n) is 2.34. The van der Waals surface area contributed by atoms with E-state index in [9.17, 15) is 4.39 Å². The van der Waals surface area contributed by atoms with E-state index in [-0.39, 0.29) is 5.82 Å². The first-order valence-electron chi connectivity index (χ1n) is 6.31. The Kier molecular flexibility index (Phi) is 3.22. The number of nitrogens with two attached hydrogens (primary N) is 1. The van der Waals surface area contributed by atoms with Crippen molar-refractivity contribution in [1.82, 2.24) is 9.55 Å². The smallest absolute Gasteiger partial charge is 0.144 e. The summed E-state index contributed by atoms with van der Waals surface area (Å²) in [5.74, 6) is 0.271. The molecule has 0 fully saturated rings. The molecule has 0 radical (unpaired) electrons. The number of fused-ring (bicyclic) bond motifs is 1. The van der Waals surface area contributed by atoms with Crippen LogP contribution in [-0.4, -0.2) is 9.55 Å². The minimum absolute atomic E-state index is 0.353. The lowest BCUT2D eigenvalue weighted by Crippen LogP contribution is -1.99. The molecular formula is C15H13BrFN3. The van der Waals surface area contributed by atoms with Crippen LogP contribution in [0.3, 0.4) is 0 Å². The van der Waals surface area contributed by atoms with Gasteiger partial charge < -0.3 is 10.3 Å². The summed E-state index contributed by atoms with van der Waals surface area (Å²) in [5.41, 5.74) is 8.30. The van der Waals surface area contributed by atoms with E-state index in [4.69, 9.17) is 5.73 Å². The predicted molar refractivity (Wildman–Crippen MR) is 82.9 cm³/mol. The van der Waals surface area contributed by atoms with Gasteiger partial charge in [0, 0.05) is 16.7 Å². The SMILES string of the molecule is CCn1c(-c2ccc(N)cc2F)nc2cc(Br)ccc21. The Bertz CT molecular complexity index is 795. The fraction of sp³-hybridized carbons (Fsp3) is 0.133. The van der Waals surface area contributed by atoms with Gasteiger partial charge in [0.2, 0.25) is 0 Å². The summed E-state index contributed by atoms with van der Waals surface area (Å²) in [6, 6.07) is 10.6. The highest BCUT2D eigenvalue weighted by Gasteiger charge is 2.15. The zero-order valence-corrected chi connectivity index (χ0v) is 12.5. The minimum Gasteiger partial charge on any atom is -0.399 e. The topological polar surface area (TPSA) is 43.8 Å². The van der Waals surface area contributed by atoms with Crippen LogP contribution in [0.5, 0.6) is 0 Å². The molecule has 1 aromatic heterocycles. The first-order chi connectivity index (χ1) is 9.60. The van der Waals surface area contributed by atoms with E-state index in [1.54, 1.807) is 12.1 Å². The monoisotopic (exact) mass is 333 g/mol. The lowest BCUT2D eigenvalue weighted by Gasteiger charge is -2.07. The van der Waals surface area contributed by atoms with E-state index >= 15 is 0 Å². The van der Waals surface area contributed by atoms with Crippen LogP contribution in [0.2, 0.25) is 0 Å². The third-order valence-electron chi connectivity index (χ3n) is 3.26. The van der Waals surface area contributed by atoms with Crippen LogP contribution in [0.4, 0.5) is 10.1 Å². The van der Waals surface area contributed by atoms with Crippen LogP contribution < -0.4 is 5.73 Å². The number of hydrogen-bond donors (Lipinski definition) is 1. The van der Waals surface area contributed by atoms with E-state index in [0.717, 1.165) is 22.1 Å². The second-order valence-corrected chi connectivity index (χ2v) is 5.47. The third kappa shape index (κ3) is 2.08. The first-order valence-corrected chi connectivity index (χ1v) is 7.10. The van der Waals surface area contributed by atoms with Crippen molar-refractivity contribution >= 4 is 32.7 Å². The quantitative estimate of drug-likeness (QED) is 0.714. The van der Waals surface area contributed by atoms with Gasteiger partial charge >= 0.3 is 0 Å². The van der Waals surface area contributed by atoms with Gasteiger partial charge in [0.15, 0.2) is 0 Å². The number of benzene rings is 2. The Balaban J connectivity index is 2.30. The zero-order chi connectivity index (χ0) is 14.3. The van der Waals surface area contributed by atoms with E-state index in [1.165, 1.54) is 6.07 Å². The molecule has 0 atom stereocenters. The van der Waals surface area contributed by atoms with Crippen molar-refractivity contribution in [3.8, 4) is 11.4 Å². The standard InChI is InChI=1S/C15H13BrFN3/c1-2-20-14-6-3-9(16)7-13(14)19-15(20)11-5-4-10(18)8-12(11)17/h3-8H,2,18H2,1H3. The van der Waals surface area contributed by atoms with Crippen LogP contribution in [-0.2, 0) is 6.54 Å². The maximum atomic E-state index is 14.1. The van der Waals surface area contributed by atoms with Gasteiger partial charge in [0.05, 0.1) is 16.6 Å². The summed E-state index contributed by atoms with van der Waals surface area (Å²) in [6.45, 7) is 2.74. The average molecular weight is 334 g/mol. The number of aromatic nitrogens is 2. The molecular weight excluding hydrogens is 321 g/mol. The summed E-state index contributed by atoms with van der Waals surface area (Å²) in [6.07, 6.45) is 0. The second-order valence-electron chi connectivity index (χ2n) is 4.55. The number of nitrogen functional groups attached to an aromatic ring is 1. The molecule has 1 heterocycles. The normalized spacial score (nSPS) is 11.2. The molecule has 0 unspecified atom stereocenters. The van der Waals surface area contributed by atoms with E-state index in [0.29, 0.717) is 17.1 Å². The Hall–Kier alpha value is -1.88. The Morgan fingerprint density at radius 2 is 2.05 bits per heavy atom. The van der Waals surface area contributed by atoms with Crippen molar-refractivity contribution in [2.75, 3.05) is 5.73 Å². The van der Waals surface area contributed by atoms with Gasteiger partial charge in [-0.05, 0) is 43.3 Å². The molecule has 0 spiro atoms. The molecule has 0 bridgehead atoms. The molecule has 0 amide bonds. The fourth-order valence-corrected chi connectivity index (χ4v) is 2.69. The van der Waals surface area contributed by atoms with Crippen LogP contribution in [0.25, 0.3) is 22.4 Å². The molecule has 0 aliphatic rings. The Labute approximate surface area is 124 Å². The van der Waals surface area contributed by atoms with Crippen molar-refractivity contribution in [3.63, 3.8) is 0 Å². The van der Waals surface area contributed by atoms with Crippen LogP contribution in [0.1, 0.15) is 6.92 Å². The summed E-state index contributed by atoms with van der Waals surface area (Å²) < 4.78 is 17.1. The second kappa shape index (κ2) is 4.90. The van der Waals surface area contributed by atoms with E-state index in [1.807, 2.05) is 29.7 Å². The summed E-state index contributed by atoms with van der Waals surface area (Å²) in [5, 5.41) is 0.